The summed E-state index contributed by atoms with van der Waals surface area (Å²) < 4.78 is 5.27. The summed E-state index contributed by atoms with van der Waals surface area (Å²) in [5.74, 6) is 6.30. The number of piperazine rings is 1. The molecule has 2 aromatic rings. The Morgan fingerprint density at radius 1 is 1.05 bits per heavy atom. The van der Waals surface area contributed by atoms with E-state index in [4.69, 9.17) is 10.1 Å². The van der Waals surface area contributed by atoms with Crippen LogP contribution in [0.4, 0.5) is 4.79 Å². The minimum absolute atomic E-state index is 0.0751. The summed E-state index contributed by atoms with van der Waals surface area (Å²) in [7, 11) is 1.58. The average molecular weight is 529 g/mol. The van der Waals surface area contributed by atoms with E-state index in [1.54, 1.807) is 36.3 Å². The van der Waals surface area contributed by atoms with Crippen LogP contribution in [0.3, 0.4) is 0 Å². The second-order valence-electron chi connectivity index (χ2n) is 9.91. The number of likely N-dealkylation sites (N-methyl/N-ethyl adjacent to an activating group) is 1. The molecular weight excluding hydrogens is 496 g/mol. The van der Waals surface area contributed by atoms with Gasteiger partial charge in [-0.3, -0.25) is 20.3 Å². The summed E-state index contributed by atoms with van der Waals surface area (Å²) in [5, 5.41) is 13.5. The van der Waals surface area contributed by atoms with E-state index in [2.05, 4.69) is 39.2 Å². The van der Waals surface area contributed by atoms with Crippen LogP contribution in [0.25, 0.3) is 0 Å². The monoisotopic (exact) mass is 528 g/mol. The first-order chi connectivity index (χ1) is 18.8. The van der Waals surface area contributed by atoms with Crippen LogP contribution in [0.2, 0.25) is 0 Å². The van der Waals surface area contributed by atoms with Gasteiger partial charge in [-0.05, 0) is 48.9 Å². The highest BCUT2D eigenvalue weighted by Gasteiger charge is 2.47. The Hall–Kier alpha value is -4.36. The van der Waals surface area contributed by atoms with Gasteiger partial charge in [-0.2, -0.15) is 0 Å². The predicted molar refractivity (Wildman–Crippen MR) is 146 cm³/mol. The molecule has 3 N–H and O–H groups in total. The van der Waals surface area contributed by atoms with Crippen LogP contribution in [0.1, 0.15) is 34.0 Å². The number of nitrogens with zero attached hydrogens (tertiary/aromatic N) is 3. The minimum atomic E-state index is -1.57. The first-order valence-corrected chi connectivity index (χ1v) is 13.1. The molecule has 10 nitrogen and oxygen atoms in total. The van der Waals surface area contributed by atoms with Crippen molar-refractivity contribution in [2.45, 2.75) is 18.9 Å². The van der Waals surface area contributed by atoms with Crippen LogP contribution in [-0.2, 0) is 11.2 Å². The number of carbonyl (C=O) groups is 3. The average Bonchev–Trinajstić information content (AvgIpc) is 3.25. The van der Waals surface area contributed by atoms with Gasteiger partial charge in [0.1, 0.15) is 11.6 Å². The highest BCUT2D eigenvalue weighted by molar-refractivity contribution is 6.10. The van der Waals surface area contributed by atoms with E-state index in [0.717, 1.165) is 43.9 Å². The molecule has 202 valence electrons. The van der Waals surface area contributed by atoms with E-state index in [0.29, 0.717) is 35.7 Å². The van der Waals surface area contributed by atoms with Gasteiger partial charge >= 0.3 is 6.03 Å². The Morgan fingerprint density at radius 2 is 1.79 bits per heavy atom. The number of rotatable bonds is 5. The number of benzene rings is 2. The van der Waals surface area contributed by atoms with Crippen molar-refractivity contribution < 1.29 is 19.1 Å². The molecule has 10 heteroatoms. The van der Waals surface area contributed by atoms with Crippen molar-refractivity contribution in [3.05, 3.63) is 64.7 Å². The molecule has 39 heavy (non-hydrogen) atoms. The van der Waals surface area contributed by atoms with Gasteiger partial charge < -0.3 is 24.8 Å². The fraction of sp³-hybridized carbons (Fsp3) is 0.379. The zero-order valence-electron chi connectivity index (χ0n) is 22.2. The van der Waals surface area contributed by atoms with Gasteiger partial charge in [0.2, 0.25) is 5.54 Å². The molecule has 0 spiro atoms. The SMILES string of the molecule is CCN1CCN(C(=N)c2ccc(C#C[C@]3(CN4CCc5cc(OC)ccc5C4=O)NC(=O)NC3=O)cc2)CC1. The molecule has 0 unspecified atom stereocenters. The summed E-state index contributed by atoms with van der Waals surface area (Å²) in [6.07, 6.45) is 0.595. The maximum atomic E-state index is 13.2. The molecule has 3 aliphatic heterocycles. The van der Waals surface area contributed by atoms with Crippen LogP contribution >= 0.6 is 0 Å². The van der Waals surface area contributed by atoms with Crippen molar-refractivity contribution in [2.75, 3.05) is 52.9 Å². The lowest BCUT2D eigenvalue weighted by Crippen LogP contribution is -2.56. The summed E-state index contributed by atoms with van der Waals surface area (Å²) >= 11 is 0. The molecule has 5 rings (SSSR count). The Balaban J connectivity index is 1.32. The zero-order valence-corrected chi connectivity index (χ0v) is 22.2. The summed E-state index contributed by atoms with van der Waals surface area (Å²) in [5.41, 5.74) is 1.29. The van der Waals surface area contributed by atoms with Crippen LogP contribution in [0.15, 0.2) is 42.5 Å². The molecule has 0 aromatic heterocycles. The number of amidine groups is 1. The van der Waals surface area contributed by atoms with E-state index < -0.39 is 17.5 Å². The standard InChI is InChI=1S/C29H32N6O4/c1-3-33-14-16-34(17-15-33)25(30)21-6-4-20(5-7-21)10-12-29(27(37)31-28(38)32-29)19-35-13-11-22-18-23(39-2)8-9-24(22)26(35)36/h4-9,18,30H,3,11,13-17,19H2,1-2H3,(H2,31,32,37,38)/t29-/m1/s1. The Bertz CT molecular complexity index is 1370. The molecule has 0 aliphatic carbocycles. The van der Waals surface area contributed by atoms with Crippen LogP contribution in [0.5, 0.6) is 5.75 Å². The second kappa shape index (κ2) is 10.8. The number of hydrogen-bond donors (Lipinski definition) is 3. The number of imide groups is 1. The predicted octanol–water partition coefficient (Wildman–Crippen LogP) is 1.29. The van der Waals surface area contributed by atoms with E-state index in [9.17, 15) is 14.4 Å². The molecule has 2 fully saturated rings. The van der Waals surface area contributed by atoms with Crippen molar-refractivity contribution in [1.29, 1.82) is 5.41 Å². The van der Waals surface area contributed by atoms with E-state index >= 15 is 0 Å². The molecular formula is C29H32N6O4. The lowest BCUT2D eigenvalue weighted by atomic mass is 9.94. The molecule has 3 aliphatic rings. The fourth-order valence-corrected chi connectivity index (χ4v) is 5.17. The molecule has 4 amide bonds. The molecule has 0 saturated carbocycles. The largest absolute Gasteiger partial charge is 0.497 e. The highest BCUT2D eigenvalue weighted by Crippen LogP contribution is 2.25. The van der Waals surface area contributed by atoms with Gasteiger partial charge in [0.05, 0.1) is 13.7 Å². The molecule has 1 atom stereocenters. The smallest absolute Gasteiger partial charge is 0.323 e. The number of urea groups is 1. The quantitative estimate of drug-likeness (QED) is 0.233. The normalized spacial score (nSPS) is 21.0. The summed E-state index contributed by atoms with van der Waals surface area (Å²) in [4.78, 5) is 44.3. The third-order valence-corrected chi connectivity index (χ3v) is 7.57. The number of hydrogen-bond acceptors (Lipinski definition) is 6. The lowest BCUT2D eigenvalue weighted by molar-refractivity contribution is -0.122. The Kier molecular flexibility index (Phi) is 7.26. The van der Waals surface area contributed by atoms with Gasteiger partial charge in [0.25, 0.3) is 11.8 Å². The molecule has 0 bridgehead atoms. The maximum Gasteiger partial charge on any atom is 0.323 e. The van der Waals surface area contributed by atoms with Gasteiger partial charge in [-0.25, -0.2) is 4.79 Å². The molecule has 2 saturated heterocycles. The van der Waals surface area contributed by atoms with Crippen LogP contribution in [-0.4, -0.2) is 96.8 Å². The number of methoxy groups -OCH3 is 1. The van der Waals surface area contributed by atoms with Crippen molar-refractivity contribution in [3.63, 3.8) is 0 Å². The first-order valence-electron chi connectivity index (χ1n) is 13.1. The van der Waals surface area contributed by atoms with Crippen molar-refractivity contribution >= 4 is 23.7 Å². The van der Waals surface area contributed by atoms with Crippen molar-refractivity contribution in [1.82, 2.24) is 25.3 Å². The minimum Gasteiger partial charge on any atom is -0.497 e. The lowest BCUT2D eigenvalue weighted by Gasteiger charge is -2.35. The van der Waals surface area contributed by atoms with E-state index in [-0.39, 0.29) is 12.5 Å². The van der Waals surface area contributed by atoms with E-state index in [1.807, 2.05) is 18.2 Å². The Labute approximate surface area is 227 Å². The zero-order chi connectivity index (χ0) is 27.6. The van der Waals surface area contributed by atoms with Gasteiger partial charge in [-0.15, -0.1) is 0 Å². The number of fused-ring (bicyclic) bond motifs is 1. The number of amides is 4. The molecule has 2 aromatic carbocycles. The van der Waals surface area contributed by atoms with Crippen molar-refractivity contribution in [2.24, 2.45) is 0 Å². The highest BCUT2D eigenvalue weighted by atomic mass is 16.5. The maximum absolute atomic E-state index is 13.2. The van der Waals surface area contributed by atoms with Gasteiger partial charge in [0.15, 0.2) is 0 Å². The summed E-state index contributed by atoms with van der Waals surface area (Å²) in [6.45, 7) is 6.99. The van der Waals surface area contributed by atoms with Gasteiger partial charge in [0, 0.05) is 49.4 Å². The third-order valence-electron chi connectivity index (χ3n) is 7.57. The summed E-state index contributed by atoms with van der Waals surface area (Å²) in [6, 6.07) is 11.9. The van der Waals surface area contributed by atoms with Gasteiger partial charge in [-0.1, -0.05) is 30.9 Å². The van der Waals surface area contributed by atoms with Crippen LogP contribution in [0, 0.1) is 17.3 Å². The Morgan fingerprint density at radius 3 is 2.44 bits per heavy atom. The second-order valence-corrected chi connectivity index (χ2v) is 9.91. The number of ether oxygens (including phenoxy) is 1. The molecule has 3 heterocycles. The topological polar surface area (TPSA) is 118 Å². The third kappa shape index (κ3) is 5.31. The fourth-order valence-electron chi connectivity index (χ4n) is 5.17. The van der Waals surface area contributed by atoms with E-state index in [1.165, 1.54) is 0 Å². The number of nitrogens with one attached hydrogen (secondary N) is 3. The first kappa shape index (κ1) is 26.3. The number of carbonyl (C=O) groups excluding carboxylic acids is 3. The van der Waals surface area contributed by atoms with Crippen LogP contribution < -0.4 is 15.4 Å². The van der Waals surface area contributed by atoms with Crippen molar-refractivity contribution in [3.8, 4) is 17.6 Å². The molecule has 0 radical (unpaired) electrons.